The number of hydrogen-bond donors (Lipinski definition) is 1. The Labute approximate surface area is 158 Å². The second-order valence-corrected chi connectivity index (χ2v) is 6.81. The smallest absolute Gasteiger partial charge is 0.119 e. The first-order valence-corrected chi connectivity index (χ1v) is 9.15. The van der Waals surface area contributed by atoms with Crippen molar-refractivity contribution in [2.24, 2.45) is 5.41 Å². The Balaban J connectivity index is 2.02. The maximum absolute atomic E-state index is 5.65. The number of benzene rings is 1. The molecule has 0 saturated carbocycles. The average molecular weight is 363 g/mol. The summed E-state index contributed by atoms with van der Waals surface area (Å²) in [5.41, 5.74) is 1.01. The summed E-state index contributed by atoms with van der Waals surface area (Å²) in [5.74, 6) is 7.21. The maximum Gasteiger partial charge on any atom is 0.119 e. The molecular weight excluding hydrogens is 330 g/mol. The molecule has 0 saturated heterocycles. The second-order valence-electron chi connectivity index (χ2n) is 6.81. The van der Waals surface area contributed by atoms with Gasteiger partial charge in [-0.1, -0.05) is 11.8 Å². The number of hydrogen-bond acceptors (Lipinski definition) is 5. The lowest BCUT2D eigenvalue weighted by atomic mass is 9.97. The highest BCUT2D eigenvalue weighted by molar-refractivity contribution is 5.38. The lowest BCUT2D eigenvalue weighted by Gasteiger charge is -2.08. The summed E-state index contributed by atoms with van der Waals surface area (Å²) in [6.07, 6.45) is 0. The first kappa shape index (κ1) is 22.5. The van der Waals surface area contributed by atoms with Crippen LogP contribution in [0.3, 0.4) is 0 Å². The Bertz CT molecular complexity index is 526. The standard InChI is InChI=1S/C21H33NO4/c1-21(2,3)10-9-19-5-7-20(8-6-19)26-18-17-25-16-15-24-14-13-23-12-11-22-4/h5-8,22H,11-18H2,1-4H3. The molecule has 0 aliphatic heterocycles. The van der Waals surface area contributed by atoms with Gasteiger partial charge in [0.15, 0.2) is 0 Å². The van der Waals surface area contributed by atoms with Crippen LogP contribution in [0.4, 0.5) is 0 Å². The molecule has 26 heavy (non-hydrogen) atoms. The van der Waals surface area contributed by atoms with E-state index in [0.29, 0.717) is 46.2 Å². The molecule has 146 valence electrons. The molecule has 0 aromatic heterocycles. The fourth-order valence-corrected chi connectivity index (χ4v) is 1.83. The van der Waals surface area contributed by atoms with E-state index in [2.05, 4.69) is 37.9 Å². The van der Waals surface area contributed by atoms with Crippen LogP contribution in [0.1, 0.15) is 26.3 Å². The van der Waals surface area contributed by atoms with Gasteiger partial charge in [0.1, 0.15) is 12.4 Å². The van der Waals surface area contributed by atoms with E-state index < -0.39 is 0 Å². The van der Waals surface area contributed by atoms with E-state index in [4.69, 9.17) is 18.9 Å². The Morgan fingerprint density at radius 3 is 1.88 bits per heavy atom. The summed E-state index contributed by atoms with van der Waals surface area (Å²) in [6, 6.07) is 7.82. The first-order chi connectivity index (χ1) is 12.5. The van der Waals surface area contributed by atoms with Crippen LogP contribution in [0.2, 0.25) is 0 Å². The molecule has 0 aliphatic carbocycles. The van der Waals surface area contributed by atoms with Gasteiger partial charge in [-0.25, -0.2) is 0 Å². The molecule has 1 aromatic carbocycles. The highest BCUT2D eigenvalue weighted by atomic mass is 16.6. The third kappa shape index (κ3) is 12.7. The monoisotopic (exact) mass is 363 g/mol. The summed E-state index contributed by atoms with van der Waals surface area (Å²) in [5, 5.41) is 3.02. The van der Waals surface area contributed by atoms with Crippen LogP contribution in [0, 0.1) is 17.3 Å². The average Bonchev–Trinajstić information content (AvgIpc) is 2.61. The molecule has 0 unspecified atom stereocenters. The summed E-state index contributed by atoms with van der Waals surface area (Å²) in [4.78, 5) is 0. The van der Waals surface area contributed by atoms with Gasteiger partial charge in [-0.15, -0.1) is 0 Å². The van der Waals surface area contributed by atoms with E-state index in [-0.39, 0.29) is 5.41 Å². The van der Waals surface area contributed by atoms with Crippen molar-refractivity contribution in [3.63, 3.8) is 0 Å². The quantitative estimate of drug-likeness (QED) is 0.431. The predicted molar refractivity (Wildman–Crippen MR) is 105 cm³/mol. The van der Waals surface area contributed by atoms with Crippen molar-refractivity contribution < 1.29 is 18.9 Å². The summed E-state index contributed by atoms with van der Waals surface area (Å²) in [6.45, 7) is 11.2. The Kier molecular flexibility index (Phi) is 11.7. The van der Waals surface area contributed by atoms with Crippen LogP contribution < -0.4 is 10.1 Å². The molecule has 0 spiro atoms. The van der Waals surface area contributed by atoms with E-state index >= 15 is 0 Å². The molecule has 5 heteroatoms. The zero-order valence-corrected chi connectivity index (χ0v) is 16.6. The molecule has 0 fully saturated rings. The topological polar surface area (TPSA) is 49.0 Å². The molecule has 0 radical (unpaired) electrons. The van der Waals surface area contributed by atoms with Crippen LogP contribution in [-0.2, 0) is 14.2 Å². The summed E-state index contributed by atoms with van der Waals surface area (Å²) >= 11 is 0. The minimum absolute atomic E-state index is 0.00970. The summed E-state index contributed by atoms with van der Waals surface area (Å²) in [7, 11) is 1.90. The van der Waals surface area contributed by atoms with Crippen molar-refractivity contribution in [2.45, 2.75) is 20.8 Å². The molecule has 0 heterocycles. The van der Waals surface area contributed by atoms with Crippen LogP contribution in [0.5, 0.6) is 5.75 Å². The highest BCUT2D eigenvalue weighted by Gasteiger charge is 2.03. The second kappa shape index (κ2) is 13.6. The molecule has 0 amide bonds. The third-order valence-electron chi connectivity index (χ3n) is 3.17. The number of ether oxygens (including phenoxy) is 4. The van der Waals surface area contributed by atoms with Gasteiger partial charge in [0.2, 0.25) is 0 Å². The van der Waals surface area contributed by atoms with Crippen molar-refractivity contribution in [3.8, 4) is 17.6 Å². The normalized spacial score (nSPS) is 11.1. The molecule has 0 atom stereocenters. The van der Waals surface area contributed by atoms with Gasteiger partial charge in [-0.2, -0.15) is 0 Å². The Hall–Kier alpha value is -1.58. The molecule has 1 aromatic rings. The minimum Gasteiger partial charge on any atom is -0.491 e. The van der Waals surface area contributed by atoms with E-state index in [1.807, 2.05) is 31.3 Å². The van der Waals surface area contributed by atoms with Crippen LogP contribution in [-0.4, -0.2) is 59.8 Å². The minimum atomic E-state index is 0.00970. The fraction of sp³-hybridized carbons (Fsp3) is 0.619. The molecule has 0 aliphatic rings. The number of likely N-dealkylation sites (N-methyl/N-ethyl adjacent to an activating group) is 1. The first-order valence-electron chi connectivity index (χ1n) is 9.15. The van der Waals surface area contributed by atoms with Gasteiger partial charge in [-0.05, 0) is 52.1 Å². The zero-order chi connectivity index (χ0) is 19.1. The SMILES string of the molecule is CNCCOCCOCCOCCOc1ccc(C#CC(C)(C)C)cc1. The van der Waals surface area contributed by atoms with E-state index in [1.165, 1.54) is 0 Å². The zero-order valence-electron chi connectivity index (χ0n) is 16.6. The number of rotatable bonds is 13. The van der Waals surface area contributed by atoms with Crippen LogP contribution in [0.25, 0.3) is 0 Å². The van der Waals surface area contributed by atoms with Crippen molar-refractivity contribution >= 4 is 0 Å². The van der Waals surface area contributed by atoms with Crippen molar-refractivity contribution in [3.05, 3.63) is 29.8 Å². The lowest BCUT2D eigenvalue weighted by Crippen LogP contribution is -2.17. The van der Waals surface area contributed by atoms with Gasteiger partial charge in [0, 0.05) is 17.5 Å². The van der Waals surface area contributed by atoms with Gasteiger partial charge < -0.3 is 24.3 Å². The van der Waals surface area contributed by atoms with Gasteiger partial charge >= 0.3 is 0 Å². The Morgan fingerprint density at radius 2 is 1.35 bits per heavy atom. The molecular formula is C21H33NO4. The maximum atomic E-state index is 5.65. The molecule has 1 N–H and O–H groups in total. The van der Waals surface area contributed by atoms with Crippen LogP contribution in [0.15, 0.2) is 24.3 Å². The highest BCUT2D eigenvalue weighted by Crippen LogP contribution is 2.13. The Morgan fingerprint density at radius 1 is 0.808 bits per heavy atom. The van der Waals surface area contributed by atoms with E-state index in [0.717, 1.165) is 17.9 Å². The number of nitrogens with one attached hydrogen (secondary N) is 1. The van der Waals surface area contributed by atoms with Gasteiger partial charge in [0.05, 0.1) is 39.6 Å². The van der Waals surface area contributed by atoms with E-state index in [1.54, 1.807) is 0 Å². The van der Waals surface area contributed by atoms with E-state index in [9.17, 15) is 0 Å². The van der Waals surface area contributed by atoms with Crippen molar-refractivity contribution in [2.75, 3.05) is 59.8 Å². The molecule has 1 rings (SSSR count). The molecule has 5 nitrogen and oxygen atoms in total. The third-order valence-corrected chi connectivity index (χ3v) is 3.17. The van der Waals surface area contributed by atoms with Crippen LogP contribution >= 0.6 is 0 Å². The lowest BCUT2D eigenvalue weighted by molar-refractivity contribution is 0.0100. The molecule has 0 bridgehead atoms. The summed E-state index contributed by atoms with van der Waals surface area (Å²) < 4.78 is 21.9. The largest absolute Gasteiger partial charge is 0.491 e. The predicted octanol–water partition coefficient (Wildman–Crippen LogP) is 2.73. The van der Waals surface area contributed by atoms with Gasteiger partial charge in [0.25, 0.3) is 0 Å². The fourth-order valence-electron chi connectivity index (χ4n) is 1.83. The van der Waals surface area contributed by atoms with Gasteiger partial charge in [-0.3, -0.25) is 0 Å². The van der Waals surface area contributed by atoms with Crippen molar-refractivity contribution in [1.29, 1.82) is 0 Å². The van der Waals surface area contributed by atoms with Crippen molar-refractivity contribution in [1.82, 2.24) is 5.32 Å².